The van der Waals surface area contributed by atoms with Gasteiger partial charge in [0.2, 0.25) is 0 Å². The standard InChI is InChI=1S/C14H20O/c1-5-7-12(4)13-10-11(3)8-9-14(13)15-6-2/h5,8-10,12H,1,6-7H2,2-4H3. The average molecular weight is 204 g/mol. The molecule has 1 rings (SSSR count). The van der Waals surface area contributed by atoms with Crippen LogP contribution in [0.4, 0.5) is 0 Å². The van der Waals surface area contributed by atoms with E-state index in [-0.39, 0.29) is 0 Å². The monoisotopic (exact) mass is 204 g/mol. The summed E-state index contributed by atoms with van der Waals surface area (Å²) < 4.78 is 5.63. The molecule has 0 amide bonds. The molecule has 0 spiro atoms. The highest BCUT2D eigenvalue weighted by molar-refractivity contribution is 5.39. The number of hydrogen-bond donors (Lipinski definition) is 0. The minimum Gasteiger partial charge on any atom is -0.494 e. The molecule has 1 heteroatoms. The van der Waals surface area contributed by atoms with E-state index in [0.29, 0.717) is 5.92 Å². The Kier molecular flexibility index (Phi) is 4.41. The second-order valence-corrected chi connectivity index (χ2v) is 3.90. The second kappa shape index (κ2) is 5.59. The number of ether oxygens (including phenoxy) is 1. The fraction of sp³-hybridized carbons (Fsp3) is 0.429. The van der Waals surface area contributed by atoms with E-state index < -0.39 is 0 Å². The van der Waals surface area contributed by atoms with Crippen molar-refractivity contribution < 1.29 is 4.74 Å². The smallest absolute Gasteiger partial charge is 0.122 e. The summed E-state index contributed by atoms with van der Waals surface area (Å²) in [5, 5.41) is 0. The minimum absolute atomic E-state index is 0.476. The molecule has 0 aliphatic carbocycles. The van der Waals surface area contributed by atoms with Crippen LogP contribution in [0.15, 0.2) is 30.9 Å². The van der Waals surface area contributed by atoms with Gasteiger partial charge in [0, 0.05) is 0 Å². The lowest BCUT2D eigenvalue weighted by Gasteiger charge is -2.15. The highest BCUT2D eigenvalue weighted by Gasteiger charge is 2.10. The molecule has 0 saturated carbocycles. The van der Waals surface area contributed by atoms with Crippen LogP contribution in [0.25, 0.3) is 0 Å². The van der Waals surface area contributed by atoms with Crippen molar-refractivity contribution in [3.63, 3.8) is 0 Å². The summed E-state index contributed by atoms with van der Waals surface area (Å²) >= 11 is 0. The zero-order chi connectivity index (χ0) is 11.3. The lowest BCUT2D eigenvalue weighted by Crippen LogP contribution is -2.00. The van der Waals surface area contributed by atoms with Crippen molar-refractivity contribution in [1.82, 2.24) is 0 Å². The Bertz CT molecular complexity index is 328. The van der Waals surface area contributed by atoms with Gasteiger partial charge in [0.05, 0.1) is 6.61 Å². The number of hydrogen-bond acceptors (Lipinski definition) is 1. The van der Waals surface area contributed by atoms with Crippen LogP contribution >= 0.6 is 0 Å². The van der Waals surface area contributed by atoms with E-state index in [1.165, 1.54) is 11.1 Å². The van der Waals surface area contributed by atoms with Crippen molar-refractivity contribution in [3.8, 4) is 5.75 Å². The molecule has 0 bridgehead atoms. The Morgan fingerprint density at radius 2 is 2.20 bits per heavy atom. The van der Waals surface area contributed by atoms with Crippen LogP contribution in [0, 0.1) is 6.92 Å². The molecular weight excluding hydrogens is 184 g/mol. The first-order chi connectivity index (χ1) is 7.19. The van der Waals surface area contributed by atoms with Crippen LogP contribution in [-0.2, 0) is 0 Å². The Labute approximate surface area is 92.8 Å². The second-order valence-electron chi connectivity index (χ2n) is 3.90. The Morgan fingerprint density at radius 3 is 2.80 bits per heavy atom. The van der Waals surface area contributed by atoms with Crippen LogP contribution < -0.4 is 4.74 Å². The van der Waals surface area contributed by atoms with Crippen LogP contribution in [0.2, 0.25) is 0 Å². The van der Waals surface area contributed by atoms with Gasteiger partial charge in [-0.2, -0.15) is 0 Å². The summed E-state index contributed by atoms with van der Waals surface area (Å²) in [5.74, 6) is 1.49. The molecule has 1 unspecified atom stereocenters. The summed E-state index contributed by atoms with van der Waals surface area (Å²) in [6.45, 7) is 10.8. The van der Waals surface area contributed by atoms with E-state index in [9.17, 15) is 0 Å². The molecule has 0 aromatic heterocycles. The molecule has 15 heavy (non-hydrogen) atoms. The highest BCUT2D eigenvalue weighted by atomic mass is 16.5. The van der Waals surface area contributed by atoms with Gasteiger partial charge in [-0.3, -0.25) is 0 Å². The fourth-order valence-corrected chi connectivity index (χ4v) is 1.72. The van der Waals surface area contributed by atoms with Crippen LogP contribution in [-0.4, -0.2) is 6.61 Å². The van der Waals surface area contributed by atoms with Crippen LogP contribution in [0.5, 0.6) is 5.75 Å². The molecule has 0 fully saturated rings. The van der Waals surface area contributed by atoms with Crippen molar-refractivity contribution in [2.24, 2.45) is 0 Å². The third-order valence-electron chi connectivity index (χ3n) is 2.52. The third kappa shape index (κ3) is 3.12. The quantitative estimate of drug-likeness (QED) is 0.657. The first kappa shape index (κ1) is 11.8. The maximum absolute atomic E-state index is 5.63. The fourth-order valence-electron chi connectivity index (χ4n) is 1.72. The van der Waals surface area contributed by atoms with Gasteiger partial charge in [-0.1, -0.05) is 30.7 Å². The molecule has 0 aliphatic rings. The summed E-state index contributed by atoms with van der Waals surface area (Å²) in [4.78, 5) is 0. The van der Waals surface area contributed by atoms with Gasteiger partial charge in [0.25, 0.3) is 0 Å². The number of benzene rings is 1. The van der Waals surface area contributed by atoms with E-state index in [1.807, 2.05) is 13.0 Å². The maximum Gasteiger partial charge on any atom is 0.122 e. The summed E-state index contributed by atoms with van der Waals surface area (Å²) in [7, 11) is 0. The van der Waals surface area contributed by atoms with Crippen molar-refractivity contribution in [2.45, 2.75) is 33.1 Å². The zero-order valence-electron chi connectivity index (χ0n) is 9.92. The van der Waals surface area contributed by atoms with E-state index in [4.69, 9.17) is 4.74 Å². The average Bonchev–Trinajstić information content (AvgIpc) is 2.21. The van der Waals surface area contributed by atoms with E-state index in [1.54, 1.807) is 0 Å². The Balaban J connectivity index is 3.00. The van der Waals surface area contributed by atoms with Gasteiger partial charge < -0.3 is 4.74 Å². The third-order valence-corrected chi connectivity index (χ3v) is 2.52. The predicted molar refractivity (Wildman–Crippen MR) is 65.6 cm³/mol. The van der Waals surface area contributed by atoms with Gasteiger partial charge in [0.1, 0.15) is 5.75 Å². The van der Waals surface area contributed by atoms with E-state index >= 15 is 0 Å². The van der Waals surface area contributed by atoms with Crippen LogP contribution in [0.3, 0.4) is 0 Å². The molecule has 0 radical (unpaired) electrons. The number of aryl methyl sites for hydroxylation is 1. The van der Waals surface area contributed by atoms with Crippen LogP contribution in [0.1, 0.15) is 37.3 Å². The first-order valence-electron chi connectivity index (χ1n) is 5.53. The number of allylic oxidation sites excluding steroid dienone is 1. The molecule has 1 atom stereocenters. The van der Waals surface area contributed by atoms with Crippen molar-refractivity contribution in [2.75, 3.05) is 6.61 Å². The Morgan fingerprint density at radius 1 is 1.47 bits per heavy atom. The highest BCUT2D eigenvalue weighted by Crippen LogP contribution is 2.29. The zero-order valence-corrected chi connectivity index (χ0v) is 9.92. The molecule has 0 heterocycles. The van der Waals surface area contributed by atoms with Crippen molar-refractivity contribution in [1.29, 1.82) is 0 Å². The number of rotatable bonds is 5. The summed E-state index contributed by atoms with van der Waals surface area (Å²) in [6.07, 6.45) is 2.95. The van der Waals surface area contributed by atoms with Gasteiger partial charge in [-0.25, -0.2) is 0 Å². The maximum atomic E-state index is 5.63. The van der Waals surface area contributed by atoms with Gasteiger partial charge >= 0.3 is 0 Å². The lowest BCUT2D eigenvalue weighted by atomic mass is 9.95. The molecule has 82 valence electrons. The SMILES string of the molecule is C=CCC(C)c1cc(C)ccc1OCC. The molecule has 1 nitrogen and oxygen atoms in total. The summed E-state index contributed by atoms with van der Waals surface area (Å²) in [6, 6.07) is 6.36. The topological polar surface area (TPSA) is 9.23 Å². The minimum atomic E-state index is 0.476. The molecule has 1 aromatic carbocycles. The largest absolute Gasteiger partial charge is 0.494 e. The van der Waals surface area contributed by atoms with E-state index in [0.717, 1.165) is 18.8 Å². The van der Waals surface area contributed by atoms with Crippen molar-refractivity contribution in [3.05, 3.63) is 42.0 Å². The molecule has 0 aliphatic heterocycles. The van der Waals surface area contributed by atoms with Gasteiger partial charge in [-0.05, 0) is 37.8 Å². The lowest BCUT2D eigenvalue weighted by molar-refractivity contribution is 0.334. The molecular formula is C14H20O. The van der Waals surface area contributed by atoms with E-state index in [2.05, 4.69) is 38.6 Å². The predicted octanol–water partition coefficient (Wildman–Crippen LogP) is 4.07. The molecule has 0 N–H and O–H groups in total. The summed E-state index contributed by atoms with van der Waals surface area (Å²) in [5.41, 5.74) is 2.57. The molecule has 0 saturated heterocycles. The van der Waals surface area contributed by atoms with Gasteiger partial charge in [-0.15, -0.1) is 6.58 Å². The first-order valence-corrected chi connectivity index (χ1v) is 5.53. The van der Waals surface area contributed by atoms with Gasteiger partial charge in [0.15, 0.2) is 0 Å². The Hall–Kier alpha value is -1.24. The molecule has 1 aromatic rings. The normalized spacial score (nSPS) is 12.2. The van der Waals surface area contributed by atoms with Crippen molar-refractivity contribution >= 4 is 0 Å².